The predicted octanol–water partition coefficient (Wildman–Crippen LogP) is 10.7. The second kappa shape index (κ2) is 11.1. The lowest BCUT2D eigenvalue weighted by molar-refractivity contribution is -0.116. The van der Waals surface area contributed by atoms with Crippen LogP contribution in [-0.2, 0) is 9.22 Å². The van der Waals surface area contributed by atoms with E-state index in [2.05, 4.69) is 79.9 Å². The molecule has 0 saturated heterocycles. The first-order chi connectivity index (χ1) is 19.5. The lowest BCUT2D eigenvalue weighted by atomic mass is 9.46. The summed E-state index contributed by atoms with van der Waals surface area (Å²) in [6.07, 6.45) is 13.2. The smallest absolute Gasteiger partial charge is 0.224 e. The molecule has 5 rings (SSSR count). The van der Waals surface area contributed by atoms with Crippen LogP contribution in [0.2, 0.25) is 18.1 Å². The van der Waals surface area contributed by atoms with E-state index in [0.717, 1.165) is 18.5 Å². The number of carbonyl (C=O) groups excluding carboxylic acids is 1. The summed E-state index contributed by atoms with van der Waals surface area (Å²) in [7, 11) is -1.82. The molecule has 0 aromatic heterocycles. The molecule has 3 nitrogen and oxygen atoms in total. The number of hydrogen-bond donors (Lipinski definition) is 1. The van der Waals surface area contributed by atoms with E-state index in [-0.39, 0.29) is 27.2 Å². The van der Waals surface area contributed by atoms with Crippen LogP contribution in [0.5, 0.6) is 0 Å². The van der Waals surface area contributed by atoms with Gasteiger partial charge >= 0.3 is 0 Å². The highest BCUT2D eigenvalue weighted by Crippen LogP contribution is 2.67. The van der Waals surface area contributed by atoms with Crippen molar-refractivity contribution in [1.82, 2.24) is 0 Å². The van der Waals surface area contributed by atoms with E-state index in [4.69, 9.17) is 4.43 Å². The molecule has 4 aliphatic rings. The number of benzene rings is 1. The maximum Gasteiger partial charge on any atom is 0.224 e. The quantitative estimate of drug-likeness (QED) is 0.321. The molecule has 1 N–H and O–H groups in total. The highest BCUT2D eigenvalue weighted by molar-refractivity contribution is 6.74. The van der Waals surface area contributed by atoms with Crippen molar-refractivity contribution in [3.05, 3.63) is 53.1 Å². The van der Waals surface area contributed by atoms with Gasteiger partial charge in [0.15, 0.2) is 8.32 Å². The normalized spacial score (nSPS) is 33.3. The molecular weight excluding hydrogens is 531 g/mol. The summed E-state index contributed by atoms with van der Waals surface area (Å²) in [6.45, 7) is 24.6. The lowest BCUT2D eigenvalue weighted by Gasteiger charge is -2.61. The molecule has 0 bridgehead atoms. The molecule has 1 aromatic rings. The number of carbonyl (C=O) groups is 1. The fourth-order valence-electron chi connectivity index (χ4n) is 9.61. The predicted molar refractivity (Wildman–Crippen MR) is 180 cm³/mol. The number of anilines is 1. The van der Waals surface area contributed by atoms with Crippen molar-refractivity contribution in [2.75, 3.05) is 5.32 Å². The summed E-state index contributed by atoms with van der Waals surface area (Å²) in [5.41, 5.74) is 6.83. The molecule has 0 aliphatic heterocycles. The standard InChI is InChI=1S/C38H59NO2Si/c1-26(16-21-34(40)39-27-14-12-11-13-15-27)29-18-19-30-28-17-20-32-36(5,6)33(41-42(9,10)35(2,3)4)23-25-38(32,8)31(28)22-24-37(29,30)7/h11-15,19,26,29,32-33H,16-18,20-25H2,1-10H3,(H,39,40)/t26-,29-,32+,33+,37-,38-/m1/s1. The zero-order valence-corrected chi connectivity index (χ0v) is 29.5. The lowest BCUT2D eigenvalue weighted by Crippen LogP contribution is -2.57. The van der Waals surface area contributed by atoms with Gasteiger partial charge in [-0.2, -0.15) is 0 Å². The number of nitrogens with one attached hydrogen (secondary N) is 1. The van der Waals surface area contributed by atoms with Crippen LogP contribution < -0.4 is 5.32 Å². The van der Waals surface area contributed by atoms with Gasteiger partial charge in [0.1, 0.15) is 0 Å². The molecule has 4 aliphatic carbocycles. The molecular formula is C38H59NO2Si. The number of allylic oxidation sites excluding steroid dienone is 4. The summed E-state index contributed by atoms with van der Waals surface area (Å²) >= 11 is 0. The third kappa shape index (κ3) is 5.42. The van der Waals surface area contributed by atoms with Crippen molar-refractivity contribution in [1.29, 1.82) is 0 Å². The summed E-state index contributed by atoms with van der Waals surface area (Å²) in [5, 5.41) is 3.33. The molecule has 0 radical (unpaired) electrons. The van der Waals surface area contributed by atoms with Gasteiger partial charge in [0.25, 0.3) is 0 Å². The Bertz CT molecular complexity index is 1240. The van der Waals surface area contributed by atoms with Gasteiger partial charge in [-0.3, -0.25) is 4.79 Å². The minimum absolute atomic E-state index is 0.139. The van der Waals surface area contributed by atoms with Crippen molar-refractivity contribution >= 4 is 19.9 Å². The number of amides is 1. The molecule has 4 heteroatoms. The van der Waals surface area contributed by atoms with Crippen LogP contribution in [0.3, 0.4) is 0 Å². The van der Waals surface area contributed by atoms with Crippen LogP contribution in [0.15, 0.2) is 53.1 Å². The van der Waals surface area contributed by atoms with Gasteiger partial charge in [0.2, 0.25) is 5.91 Å². The molecule has 0 unspecified atom stereocenters. The van der Waals surface area contributed by atoms with Crippen molar-refractivity contribution in [3.63, 3.8) is 0 Å². The SMILES string of the molecule is C[C@H](CCC(=O)Nc1ccccc1)[C@H]1CC=C2C3=C(CC[C@@]21C)[C@@]1(C)CC[C@H](O[Si](C)(C)C(C)(C)C)C(C)(C)[C@@H]1CC3. The molecule has 1 fully saturated rings. The van der Waals surface area contributed by atoms with E-state index < -0.39 is 8.32 Å². The number of hydrogen-bond acceptors (Lipinski definition) is 2. The number of para-hydroxylation sites is 1. The molecule has 232 valence electrons. The summed E-state index contributed by atoms with van der Waals surface area (Å²) < 4.78 is 7.17. The Morgan fingerprint density at radius 2 is 1.71 bits per heavy atom. The Balaban J connectivity index is 1.29. The molecule has 0 spiro atoms. The Kier molecular flexibility index (Phi) is 8.36. The van der Waals surface area contributed by atoms with E-state index in [1.54, 1.807) is 16.7 Å². The van der Waals surface area contributed by atoms with E-state index in [0.29, 0.717) is 30.3 Å². The largest absolute Gasteiger partial charge is 0.413 e. The molecule has 42 heavy (non-hydrogen) atoms. The zero-order valence-electron chi connectivity index (χ0n) is 28.5. The van der Waals surface area contributed by atoms with Gasteiger partial charge in [0, 0.05) is 12.1 Å². The van der Waals surface area contributed by atoms with E-state index in [9.17, 15) is 4.79 Å². The van der Waals surface area contributed by atoms with E-state index in [1.807, 2.05) is 30.3 Å². The fourth-order valence-corrected chi connectivity index (χ4v) is 11.1. The van der Waals surface area contributed by atoms with E-state index >= 15 is 0 Å². The summed E-state index contributed by atoms with van der Waals surface area (Å²) in [6, 6.07) is 9.86. The number of fused-ring (bicyclic) bond motifs is 4. The van der Waals surface area contributed by atoms with Gasteiger partial charge in [-0.25, -0.2) is 0 Å². The van der Waals surface area contributed by atoms with Gasteiger partial charge in [-0.1, -0.05) is 85.2 Å². The van der Waals surface area contributed by atoms with Gasteiger partial charge < -0.3 is 9.74 Å². The Labute approximate surface area is 258 Å². The third-order valence-corrected chi connectivity index (χ3v) is 17.7. The van der Waals surface area contributed by atoms with Crippen LogP contribution in [0, 0.1) is 34.0 Å². The first-order valence-corrected chi connectivity index (χ1v) is 19.9. The Hall–Kier alpha value is -1.65. The average molecular weight is 590 g/mol. The van der Waals surface area contributed by atoms with Crippen LogP contribution in [0.4, 0.5) is 5.69 Å². The molecule has 1 amide bonds. The summed E-state index contributed by atoms with van der Waals surface area (Å²) in [5.74, 6) is 1.97. The maximum absolute atomic E-state index is 12.7. The fraction of sp³-hybridized carbons (Fsp3) is 0.711. The monoisotopic (exact) mass is 589 g/mol. The van der Waals surface area contributed by atoms with Crippen LogP contribution in [0.25, 0.3) is 0 Å². The molecule has 1 saturated carbocycles. The van der Waals surface area contributed by atoms with Crippen LogP contribution >= 0.6 is 0 Å². The second-order valence-corrected chi connectivity index (χ2v) is 21.8. The van der Waals surface area contributed by atoms with Crippen molar-refractivity contribution in [2.45, 2.75) is 137 Å². The highest BCUT2D eigenvalue weighted by atomic mass is 28.4. The zero-order chi connectivity index (χ0) is 30.7. The molecule has 1 aromatic carbocycles. The number of rotatable bonds is 7. The minimum atomic E-state index is -1.82. The van der Waals surface area contributed by atoms with Crippen LogP contribution in [0.1, 0.15) is 113 Å². The van der Waals surface area contributed by atoms with Crippen molar-refractivity contribution in [2.24, 2.45) is 34.0 Å². The van der Waals surface area contributed by atoms with Gasteiger partial charge in [-0.05, 0) is 127 Å². The maximum atomic E-state index is 12.7. The first-order valence-electron chi connectivity index (χ1n) is 17.0. The second-order valence-electron chi connectivity index (χ2n) is 17.0. The minimum Gasteiger partial charge on any atom is -0.413 e. The first kappa shape index (κ1) is 31.8. The van der Waals surface area contributed by atoms with E-state index in [1.165, 1.54) is 38.5 Å². The average Bonchev–Trinajstić information content (AvgIpc) is 3.26. The van der Waals surface area contributed by atoms with Gasteiger partial charge in [0.05, 0.1) is 6.10 Å². The van der Waals surface area contributed by atoms with Crippen molar-refractivity contribution in [3.8, 4) is 0 Å². The third-order valence-electron chi connectivity index (χ3n) is 13.2. The summed E-state index contributed by atoms with van der Waals surface area (Å²) in [4.78, 5) is 12.7. The Morgan fingerprint density at radius 3 is 2.38 bits per heavy atom. The molecule has 0 heterocycles. The highest BCUT2D eigenvalue weighted by Gasteiger charge is 2.58. The topological polar surface area (TPSA) is 38.3 Å². The van der Waals surface area contributed by atoms with Crippen LogP contribution in [-0.4, -0.2) is 20.3 Å². The van der Waals surface area contributed by atoms with Gasteiger partial charge in [-0.15, -0.1) is 0 Å². The molecule has 6 atom stereocenters. The van der Waals surface area contributed by atoms with Crippen molar-refractivity contribution < 1.29 is 9.22 Å². The Morgan fingerprint density at radius 1 is 1.02 bits per heavy atom.